The second-order valence-corrected chi connectivity index (χ2v) is 7.96. The van der Waals surface area contributed by atoms with E-state index in [1.54, 1.807) is 6.33 Å². The molecule has 6 heteroatoms. The lowest BCUT2D eigenvalue weighted by Crippen LogP contribution is -2.39. The van der Waals surface area contributed by atoms with E-state index in [0.717, 1.165) is 62.7 Å². The van der Waals surface area contributed by atoms with E-state index in [1.807, 2.05) is 0 Å². The van der Waals surface area contributed by atoms with Crippen LogP contribution in [0.25, 0.3) is 0 Å². The Morgan fingerprint density at radius 1 is 1.00 bits per heavy atom. The number of aliphatic hydroxyl groups is 1. The van der Waals surface area contributed by atoms with Crippen molar-refractivity contribution in [2.24, 2.45) is 0 Å². The Labute approximate surface area is 167 Å². The Bertz CT molecular complexity index is 805. The monoisotopic (exact) mass is 382 g/mol. The summed E-state index contributed by atoms with van der Waals surface area (Å²) in [6.07, 6.45) is 5.99. The third-order valence-electron chi connectivity index (χ3n) is 6.07. The van der Waals surface area contributed by atoms with Crippen molar-refractivity contribution < 1.29 is 9.84 Å². The summed E-state index contributed by atoms with van der Waals surface area (Å²) in [6.45, 7) is 7.23. The van der Waals surface area contributed by atoms with Crippen molar-refractivity contribution in [1.82, 2.24) is 9.97 Å². The number of hydrogen-bond acceptors (Lipinski definition) is 6. The highest BCUT2D eigenvalue weighted by molar-refractivity contribution is 5.51. The molecular weight excluding hydrogens is 352 g/mol. The molecule has 2 fully saturated rings. The molecule has 28 heavy (non-hydrogen) atoms. The predicted octanol–water partition coefficient (Wildman–Crippen LogP) is 3.10. The molecule has 4 rings (SSSR count). The van der Waals surface area contributed by atoms with E-state index in [0.29, 0.717) is 0 Å². The van der Waals surface area contributed by atoms with E-state index in [-0.39, 0.29) is 18.8 Å². The summed E-state index contributed by atoms with van der Waals surface area (Å²) in [5.41, 5.74) is 2.56. The van der Waals surface area contributed by atoms with Gasteiger partial charge in [-0.25, -0.2) is 9.97 Å². The quantitative estimate of drug-likeness (QED) is 0.857. The average Bonchev–Trinajstić information content (AvgIpc) is 3.20. The molecule has 2 aliphatic rings. The summed E-state index contributed by atoms with van der Waals surface area (Å²) in [5, 5.41) is 9.59. The van der Waals surface area contributed by atoms with Crippen LogP contribution in [0.4, 0.5) is 11.6 Å². The van der Waals surface area contributed by atoms with Gasteiger partial charge in [-0.05, 0) is 49.9 Å². The lowest BCUT2D eigenvalue weighted by Gasteiger charge is -2.33. The molecule has 2 saturated heterocycles. The molecule has 1 N–H and O–H groups in total. The van der Waals surface area contributed by atoms with Crippen LogP contribution in [0, 0.1) is 13.8 Å². The number of piperidine rings is 1. The highest BCUT2D eigenvalue weighted by Gasteiger charge is 2.27. The number of benzene rings is 1. The zero-order chi connectivity index (χ0) is 19.5. The Morgan fingerprint density at radius 2 is 1.79 bits per heavy atom. The topological polar surface area (TPSA) is 61.7 Å². The number of aliphatic hydroxyl groups excluding tert-OH is 1. The zero-order valence-electron chi connectivity index (χ0n) is 16.8. The summed E-state index contributed by atoms with van der Waals surface area (Å²) >= 11 is 0. The number of aromatic nitrogens is 2. The lowest BCUT2D eigenvalue weighted by molar-refractivity contribution is 0.170. The smallest absolute Gasteiger partial charge is 0.134 e. The van der Waals surface area contributed by atoms with Crippen molar-refractivity contribution >= 4 is 11.6 Å². The van der Waals surface area contributed by atoms with Crippen molar-refractivity contribution in [2.75, 3.05) is 36.0 Å². The number of ether oxygens (including phenoxy) is 1. The fourth-order valence-electron chi connectivity index (χ4n) is 4.18. The largest absolute Gasteiger partial charge is 0.490 e. The third-order valence-corrected chi connectivity index (χ3v) is 6.07. The number of aryl methyl sites for hydroxylation is 2. The first-order chi connectivity index (χ1) is 13.6. The Balaban J connectivity index is 1.37. The molecule has 2 aliphatic heterocycles. The third kappa shape index (κ3) is 4.07. The molecule has 0 radical (unpaired) electrons. The van der Waals surface area contributed by atoms with E-state index in [4.69, 9.17) is 4.74 Å². The highest BCUT2D eigenvalue weighted by Crippen LogP contribution is 2.28. The van der Waals surface area contributed by atoms with Gasteiger partial charge in [0.1, 0.15) is 29.8 Å². The van der Waals surface area contributed by atoms with E-state index in [9.17, 15) is 5.11 Å². The average molecular weight is 383 g/mol. The maximum absolute atomic E-state index is 9.59. The Hall–Kier alpha value is -2.34. The maximum Gasteiger partial charge on any atom is 0.134 e. The summed E-state index contributed by atoms with van der Waals surface area (Å²) < 4.78 is 6.21. The van der Waals surface area contributed by atoms with Crippen molar-refractivity contribution in [2.45, 2.75) is 51.7 Å². The molecule has 1 aromatic carbocycles. The molecule has 3 heterocycles. The van der Waals surface area contributed by atoms with Gasteiger partial charge in [0.05, 0.1) is 12.6 Å². The molecular formula is C22H30N4O2. The van der Waals surface area contributed by atoms with Crippen LogP contribution in [0.1, 0.15) is 36.8 Å². The summed E-state index contributed by atoms with van der Waals surface area (Å²) in [5.74, 6) is 2.86. The molecule has 0 saturated carbocycles. The van der Waals surface area contributed by atoms with Gasteiger partial charge >= 0.3 is 0 Å². The van der Waals surface area contributed by atoms with Crippen LogP contribution in [0.2, 0.25) is 0 Å². The minimum atomic E-state index is 0.180. The summed E-state index contributed by atoms with van der Waals surface area (Å²) in [7, 11) is 0. The van der Waals surface area contributed by atoms with Gasteiger partial charge in [-0.1, -0.05) is 6.07 Å². The van der Waals surface area contributed by atoms with Crippen LogP contribution in [0.5, 0.6) is 5.75 Å². The van der Waals surface area contributed by atoms with Gasteiger partial charge in [0.2, 0.25) is 0 Å². The molecule has 2 aromatic rings. The van der Waals surface area contributed by atoms with Crippen LogP contribution in [0.3, 0.4) is 0 Å². The van der Waals surface area contributed by atoms with Gasteiger partial charge in [0.15, 0.2) is 0 Å². The van der Waals surface area contributed by atoms with Gasteiger partial charge in [0, 0.05) is 38.5 Å². The molecule has 0 amide bonds. The van der Waals surface area contributed by atoms with E-state index in [2.05, 4.69) is 57.9 Å². The Kier molecular flexibility index (Phi) is 5.67. The second-order valence-electron chi connectivity index (χ2n) is 7.96. The van der Waals surface area contributed by atoms with Crippen LogP contribution in [-0.2, 0) is 0 Å². The molecule has 0 spiro atoms. The zero-order valence-corrected chi connectivity index (χ0v) is 16.8. The van der Waals surface area contributed by atoms with Gasteiger partial charge in [-0.3, -0.25) is 0 Å². The van der Waals surface area contributed by atoms with E-state index in [1.165, 1.54) is 11.1 Å². The first-order valence-electron chi connectivity index (χ1n) is 10.3. The molecule has 0 bridgehead atoms. The number of hydrogen-bond donors (Lipinski definition) is 1. The minimum absolute atomic E-state index is 0.180. The number of nitrogens with zero attached hydrogens (tertiary/aromatic N) is 4. The predicted molar refractivity (Wildman–Crippen MR) is 111 cm³/mol. The van der Waals surface area contributed by atoms with Gasteiger partial charge in [-0.15, -0.1) is 0 Å². The van der Waals surface area contributed by atoms with Crippen molar-refractivity contribution in [3.8, 4) is 5.75 Å². The fourth-order valence-corrected chi connectivity index (χ4v) is 4.18. The van der Waals surface area contributed by atoms with Crippen LogP contribution in [0.15, 0.2) is 30.6 Å². The van der Waals surface area contributed by atoms with Crippen LogP contribution < -0.4 is 14.5 Å². The molecule has 1 aromatic heterocycles. The maximum atomic E-state index is 9.59. The van der Waals surface area contributed by atoms with Crippen LogP contribution >= 0.6 is 0 Å². The highest BCUT2D eigenvalue weighted by atomic mass is 16.5. The second kappa shape index (κ2) is 8.35. The molecule has 150 valence electrons. The van der Waals surface area contributed by atoms with Crippen molar-refractivity contribution in [3.05, 3.63) is 41.7 Å². The lowest BCUT2D eigenvalue weighted by atomic mass is 10.1. The normalized spacial score (nSPS) is 20.6. The summed E-state index contributed by atoms with van der Waals surface area (Å²) in [4.78, 5) is 13.5. The SMILES string of the molecule is Cc1ccc(OC2CCN(c3cc(N4CCCC4CO)ncn3)CC2)cc1C. The van der Waals surface area contributed by atoms with E-state index < -0.39 is 0 Å². The molecule has 1 atom stereocenters. The molecule has 1 unspecified atom stereocenters. The standard InChI is InChI=1S/C22H30N4O2/c1-16-5-6-20(12-17(16)2)28-19-7-10-25(11-8-19)21-13-22(24-15-23-21)26-9-3-4-18(26)14-27/h5-6,12-13,15,18-19,27H,3-4,7-11,14H2,1-2H3. The Morgan fingerprint density at radius 3 is 2.54 bits per heavy atom. The van der Waals surface area contributed by atoms with Gasteiger partial charge in [-0.2, -0.15) is 0 Å². The minimum Gasteiger partial charge on any atom is -0.490 e. The van der Waals surface area contributed by atoms with Gasteiger partial charge < -0.3 is 19.6 Å². The van der Waals surface area contributed by atoms with Crippen molar-refractivity contribution in [1.29, 1.82) is 0 Å². The first kappa shape index (κ1) is 19.0. The van der Waals surface area contributed by atoms with E-state index >= 15 is 0 Å². The molecule has 6 nitrogen and oxygen atoms in total. The van der Waals surface area contributed by atoms with Crippen LogP contribution in [-0.4, -0.2) is 53.5 Å². The molecule has 0 aliphatic carbocycles. The first-order valence-corrected chi connectivity index (χ1v) is 10.3. The summed E-state index contributed by atoms with van der Waals surface area (Å²) in [6, 6.07) is 8.57. The fraction of sp³-hybridized carbons (Fsp3) is 0.545. The van der Waals surface area contributed by atoms with Gasteiger partial charge in [0.25, 0.3) is 0 Å². The number of rotatable bonds is 5. The number of anilines is 2. The van der Waals surface area contributed by atoms with Crippen molar-refractivity contribution in [3.63, 3.8) is 0 Å².